The van der Waals surface area contributed by atoms with Crippen LogP contribution in [0.3, 0.4) is 0 Å². The van der Waals surface area contributed by atoms with Crippen molar-refractivity contribution in [2.24, 2.45) is 0 Å². The van der Waals surface area contributed by atoms with E-state index in [0.29, 0.717) is 6.54 Å². The van der Waals surface area contributed by atoms with Gasteiger partial charge in [-0.3, -0.25) is 0 Å². The number of H-pyrrole nitrogens is 2. The van der Waals surface area contributed by atoms with Crippen LogP contribution in [0.1, 0.15) is 5.56 Å². The van der Waals surface area contributed by atoms with Crippen molar-refractivity contribution in [3.05, 3.63) is 58.5 Å². The summed E-state index contributed by atoms with van der Waals surface area (Å²) in [6, 6.07) is 12.8. The molecule has 0 unspecified atom stereocenters. The van der Waals surface area contributed by atoms with Crippen LogP contribution in [-0.2, 0) is 6.54 Å². The number of hydrogen-bond donors (Lipinski definition) is 4. The zero-order chi connectivity index (χ0) is 13.2. The number of hydrogen-bond acceptors (Lipinski definition) is 3. The first-order chi connectivity index (χ1) is 9.22. The highest BCUT2D eigenvalue weighted by molar-refractivity contribution is 5.78. The molecule has 0 saturated carbocycles. The van der Waals surface area contributed by atoms with E-state index in [0.717, 1.165) is 22.3 Å². The zero-order valence-electron chi connectivity index (χ0n) is 10.1. The predicted molar refractivity (Wildman–Crippen MR) is 74.4 cm³/mol. The molecule has 2 aromatic carbocycles. The molecule has 4 N–H and O–H groups in total. The summed E-state index contributed by atoms with van der Waals surface area (Å²) < 4.78 is 0. The number of para-hydroxylation sites is 1. The normalized spacial score (nSPS) is 10.7. The van der Waals surface area contributed by atoms with Crippen LogP contribution in [0.2, 0.25) is 0 Å². The number of aromatic nitrogens is 2. The van der Waals surface area contributed by atoms with E-state index in [1.807, 2.05) is 30.3 Å². The Bertz CT molecular complexity index is 773. The number of phenols is 1. The van der Waals surface area contributed by atoms with Gasteiger partial charge in [0.05, 0.1) is 11.0 Å². The summed E-state index contributed by atoms with van der Waals surface area (Å²) in [5, 5.41) is 12.9. The molecule has 0 aliphatic carbocycles. The van der Waals surface area contributed by atoms with E-state index in [2.05, 4.69) is 15.3 Å². The Morgan fingerprint density at radius 2 is 1.84 bits per heavy atom. The van der Waals surface area contributed by atoms with Crippen molar-refractivity contribution in [1.29, 1.82) is 0 Å². The van der Waals surface area contributed by atoms with Gasteiger partial charge in [-0.1, -0.05) is 18.2 Å². The van der Waals surface area contributed by atoms with Crippen LogP contribution in [-0.4, -0.2) is 15.1 Å². The summed E-state index contributed by atoms with van der Waals surface area (Å²) in [4.78, 5) is 16.6. The predicted octanol–water partition coefficient (Wildman–Crippen LogP) is 2.17. The Labute approximate surface area is 108 Å². The van der Waals surface area contributed by atoms with Crippen LogP contribution in [0, 0.1) is 0 Å². The minimum absolute atomic E-state index is 0.215. The molecule has 0 radical (unpaired) electrons. The Morgan fingerprint density at radius 1 is 1.05 bits per heavy atom. The van der Waals surface area contributed by atoms with Crippen LogP contribution in [0.5, 0.6) is 5.75 Å². The van der Waals surface area contributed by atoms with Crippen molar-refractivity contribution in [2.75, 3.05) is 5.32 Å². The molecule has 1 aromatic heterocycles. The van der Waals surface area contributed by atoms with Gasteiger partial charge >= 0.3 is 5.69 Å². The fourth-order valence-corrected chi connectivity index (χ4v) is 2.00. The zero-order valence-corrected chi connectivity index (χ0v) is 10.1. The number of aromatic hydroxyl groups is 1. The maximum atomic E-state index is 11.2. The van der Waals surface area contributed by atoms with Crippen LogP contribution < -0.4 is 11.0 Å². The SMILES string of the molecule is O=c1[nH]c2ccc(NCc3ccccc3O)cc2[nH]1. The molecule has 0 aliphatic heterocycles. The molecule has 5 nitrogen and oxygen atoms in total. The first kappa shape index (κ1) is 11.4. The number of aromatic amines is 2. The van der Waals surface area contributed by atoms with Crippen LogP contribution >= 0.6 is 0 Å². The maximum Gasteiger partial charge on any atom is 0.323 e. The van der Waals surface area contributed by atoms with Gasteiger partial charge in [0.2, 0.25) is 0 Å². The molecule has 5 heteroatoms. The van der Waals surface area contributed by atoms with E-state index < -0.39 is 0 Å². The second kappa shape index (κ2) is 4.53. The minimum Gasteiger partial charge on any atom is -0.508 e. The van der Waals surface area contributed by atoms with E-state index in [4.69, 9.17) is 0 Å². The van der Waals surface area contributed by atoms with Crippen LogP contribution in [0.4, 0.5) is 5.69 Å². The lowest BCUT2D eigenvalue weighted by atomic mass is 10.2. The van der Waals surface area contributed by atoms with E-state index in [-0.39, 0.29) is 11.4 Å². The number of anilines is 1. The summed E-state index contributed by atoms with van der Waals surface area (Å²) >= 11 is 0. The molecule has 96 valence electrons. The van der Waals surface area contributed by atoms with E-state index in [1.54, 1.807) is 12.1 Å². The molecule has 19 heavy (non-hydrogen) atoms. The molecule has 3 rings (SSSR count). The lowest BCUT2D eigenvalue weighted by molar-refractivity contribution is 0.469. The van der Waals surface area contributed by atoms with Gasteiger partial charge in [0.1, 0.15) is 5.75 Å². The number of nitrogens with one attached hydrogen (secondary N) is 3. The van der Waals surface area contributed by atoms with Crippen molar-refractivity contribution in [3.8, 4) is 5.75 Å². The third-order valence-electron chi connectivity index (χ3n) is 2.99. The lowest BCUT2D eigenvalue weighted by Crippen LogP contribution is -1.99. The molecular formula is C14H13N3O2. The van der Waals surface area contributed by atoms with Crippen LogP contribution in [0.15, 0.2) is 47.3 Å². The highest BCUT2D eigenvalue weighted by atomic mass is 16.3. The number of fused-ring (bicyclic) bond motifs is 1. The molecule has 0 spiro atoms. The fraction of sp³-hybridized carbons (Fsp3) is 0.0714. The molecule has 1 heterocycles. The van der Waals surface area contributed by atoms with Gasteiger partial charge in [-0.2, -0.15) is 0 Å². The average molecular weight is 255 g/mol. The van der Waals surface area contributed by atoms with Gasteiger partial charge in [-0.05, 0) is 24.3 Å². The highest BCUT2D eigenvalue weighted by Gasteiger charge is 2.02. The summed E-state index contributed by atoms with van der Waals surface area (Å²) in [6.07, 6.45) is 0. The molecule has 0 aliphatic rings. The van der Waals surface area contributed by atoms with Gasteiger partial charge in [0.25, 0.3) is 0 Å². The number of imidazole rings is 1. The lowest BCUT2D eigenvalue weighted by Gasteiger charge is -2.07. The van der Waals surface area contributed by atoms with Gasteiger partial charge in [-0.25, -0.2) is 4.79 Å². The van der Waals surface area contributed by atoms with E-state index >= 15 is 0 Å². The molecule has 0 atom stereocenters. The number of benzene rings is 2. The Hall–Kier alpha value is -2.69. The second-order valence-electron chi connectivity index (χ2n) is 4.32. The molecular weight excluding hydrogens is 242 g/mol. The van der Waals surface area contributed by atoms with E-state index in [1.165, 1.54) is 0 Å². The number of rotatable bonds is 3. The van der Waals surface area contributed by atoms with E-state index in [9.17, 15) is 9.90 Å². The standard InChI is InChI=1S/C14H13N3O2/c18-13-4-2-1-3-9(13)8-15-10-5-6-11-12(7-10)17-14(19)16-11/h1-7,15,18H,8H2,(H2,16,17,19). The topological polar surface area (TPSA) is 80.9 Å². The van der Waals surface area contributed by atoms with Crippen LogP contribution in [0.25, 0.3) is 11.0 Å². The molecule has 0 fully saturated rings. The highest BCUT2D eigenvalue weighted by Crippen LogP contribution is 2.19. The second-order valence-corrected chi connectivity index (χ2v) is 4.32. The van der Waals surface area contributed by atoms with Gasteiger partial charge in [0, 0.05) is 17.8 Å². The summed E-state index contributed by atoms with van der Waals surface area (Å²) in [5.41, 5.74) is 3.02. The molecule has 0 amide bonds. The summed E-state index contributed by atoms with van der Waals surface area (Å²) in [5.74, 6) is 0.270. The van der Waals surface area contributed by atoms with Gasteiger partial charge in [-0.15, -0.1) is 0 Å². The Morgan fingerprint density at radius 3 is 2.68 bits per heavy atom. The third-order valence-corrected chi connectivity index (χ3v) is 2.99. The van der Waals surface area contributed by atoms with Crippen molar-refractivity contribution in [2.45, 2.75) is 6.54 Å². The first-order valence-corrected chi connectivity index (χ1v) is 5.95. The average Bonchev–Trinajstić information content (AvgIpc) is 2.77. The largest absolute Gasteiger partial charge is 0.508 e. The van der Waals surface area contributed by atoms with Crippen molar-refractivity contribution >= 4 is 16.7 Å². The fourth-order valence-electron chi connectivity index (χ4n) is 2.00. The Balaban J connectivity index is 1.82. The molecule has 3 aromatic rings. The van der Waals surface area contributed by atoms with Gasteiger partial charge < -0.3 is 20.4 Å². The van der Waals surface area contributed by atoms with Gasteiger partial charge in [0.15, 0.2) is 0 Å². The number of phenolic OH excluding ortho intramolecular Hbond substituents is 1. The minimum atomic E-state index is -0.215. The first-order valence-electron chi connectivity index (χ1n) is 5.95. The summed E-state index contributed by atoms with van der Waals surface area (Å²) in [7, 11) is 0. The summed E-state index contributed by atoms with van der Waals surface area (Å²) in [6.45, 7) is 0.521. The monoisotopic (exact) mass is 255 g/mol. The van der Waals surface area contributed by atoms with Crippen molar-refractivity contribution in [3.63, 3.8) is 0 Å². The molecule has 0 bridgehead atoms. The van der Waals surface area contributed by atoms with Crippen molar-refractivity contribution in [1.82, 2.24) is 9.97 Å². The third kappa shape index (κ3) is 2.30. The smallest absolute Gasteiger partial charge is 0.323 e. The Kier molecular flexibility index (Phi) is 2.72. The maximum absolute atomic E-state index is 11.2. The van der Waals surface area contributed by atoms with Crippen molar-refractivity contribution < 1.29 is 5.11 Å². The molecule has 0 saturated heterocycles. The quantitative estimate of drug-likeness (QED) is 0.579.